The van der Waals surface area contributed by atoms with Gasteiger partial charge in [0.05, 0.1) is 6.42 Å². The van der Waals surface area contributed by atoms with Crippen molar-refractivity contribution in [2.75, 3.05) is 13.6 Å². The van der Waals surface area contributed by atoms with Gasteiger partial charge in [0, 0.05) is 13.6 Å². The number of nitrogens with two attached hydrogens (primary N) is 1. The lowest BCUT2D eigenvalue weighted by Crippen LogP contribution is -2.48. The molecule has 0 heterocycles. The van der Waals surface area contributed by atoms with Gasteiger partial charge in [-0.15, -0.1) is 0 Å². The zero-order valence-electron chi connectivity index (χ0n) is 10.8. The molecule has 0 fully saturated rings. The number of rotatable bonds is 8. The molecule has 0 aromatic carbocycles. The number of urea groups is 1. The highest BCUT2D eigenvalue weighted by Gasteiger charge is 2.23. The van der Waals surface area contributed by atoms with Crippen LogP contribution in [-0.4, -0.2) is 47.5 Å². The SMILES string of the molecule is CCCCCN(C)C(=O)NC(CC(N)=O)C(=O)O. The predicted molar refractivity (Wildman–Crippen MR) is 65.9 cm³/mol. The first-order chi connectivity index (χ1) is 8.38. The third-order valence-electron chi connectivity index (χ3n) is 2.44. The fourth-order valence-corrected chi connectivity index (χ4v) is 1.36. The molecule has 104 valence electrons. The lowest BCUT2D eigenvalue weighted by molar-refractivity contribution is -0.140. The van der Waals surface area contributed by atoms with Gasteiger partial charge in [0.2, 0.25) is 5.91 Å². The summed E-state index contributed by atoms with van der Waals surface area (Å²) in [5.74, 6) is -2.04. The van der Waals surface area contributed by atoms with Crippen molar-refractivity contribution in [3.8, 4) is 0 Å². The Morgan fingerprint density at radius 3 is 2.39 bits per heavy atom. The number of aliphatic carboxylic acids is 1. The normalized spacial score (nSPS) is 11.7. The van der Waals surface area contributed by atoms with Crippen molar-refractivity contribution in [2.24, 2.45) is 5.73 Å². The molecule has 0 aromatic heterocycles. The summed E-state index contributed by atoms with van der Waals surface area (Å²) in [5.41, 5.74) is 4.91. The Hall–Kier alpha value is -1.79. The summed E-state index contributed by atoms with van der Waals surface area (Å²) < 4.78 is 0. The molecule has 0 aliphatic rings. The second-order valence-electron chi connectivity index (χ2n) is 4.14. The molecular formula is C11H21N3O4. The van der Waals surface area contributed by atoms with E-state index in [4.69, 9.17) is 10.8 Å². The van der Waals surface area contributed by atoms with Crippen LogP contribution < -0.4 is 11.1 Å². The number of carboxylic acids is 1. The molecule has 1 unspecified atom stereocenters. The minimum Gasteiger partial charge on any atom is -0.480 e. The van der Waals surface area contributed by atoms with Gasteiger partial charge in [-0.05, 0) is 6.42 Å². The van der Waals surface area contributed by atoms with Crippen LogP contribution in [0.1, 0.15) is 32.6 Å². The van der Waals surface area contributed by atoms with E-state index in [1.165, 1.54) is 4.90 Å². The molecule has 0 aliphatic heterocycles. The highest BCUT2D eigenvalue weighted by molar-refractivity contribution is 5.87. The maximum absolute atomic E-state index is 11.6. The third-order valence-corrected chi connectivity index (χ3v) is 2.44. The molecule has 0 spiro atoms. The summed E-state index contributed by atoms with van der Waals surface area (Å²) in [7, 11) is 1.58. The monoisotopic (exact) mass is 259 g/mol. The van der Waals surface area contributed by atoms with Gasteiger partial charge < -0.3 is 21.1 Å². The number of carbonyl (C=O) groups is 3. The van der Waals surface area contributed by atoms with E-state index in [0.717, 1.165) is 19.3 Å². The van der Waals surface area contributed by atoms with Crippen molar-refractivity contribution >= 4 is 17.9 Å². The largest absolute Gasteiger partial charge is 0.480 e. The maximum atomic E-state index is 11.6. The summed E-state index contributed by atoms with van der Waals surface area (Å²) >= 11 is 0. The molecule has 1 atom stereocenters. The van der Waals surface area contributed by atoms with E-state index in [1.807, 2.05) is 6.92 Å². The van der Waals surface area contributed by atoms with Crippen molar-refractivity contribution in [1.29, 1.82) is 0 Å². The van der Waals surface area contributed by atoms with Crippen LogP contribution in [0.2, 0.25) is 0 Å². The Labute approximate surface area is 106 Å². The van der Waals surface area contributed by atoms with Crippen molar-refractivity contribution < 1.29 is 19.5 Å². The van der Waals surface area contributed by atoms with Crippen LogP contribution in [0, 0.1) is 0 Å². The van der Waals surface area contributed by atoms with E-state index in [0.29, 0.717) is 6.54 Å². The molecule has 0 saturated carbocycles. The Bertz CT molecular complexity index is 307. The van der Waals surface area contributed by atoms with Gasteiger partial charge >= 0.3 is 12.0 Å². The molecule has 0 bridgehead atoms. The molecule has 0 saturated heterocycles. The van der Waals surface area contributed by atoms with Gasteiger partial charge in [-0.2, -0.15) is 0 Å². The number of carboxylic acid groups (broad SMARTS) is 1. The summed E-state index contributed by atoms with van der Waals surface area (Å²) in [5, 5.41) is 11.1. The third kappa shape index (κ3) is 6.72. The van der Waals surface area contributed by atoms with Crippen LogP contribution in [0.4, 0.5) is 4.79 Å². The fraction of sp³-hybridized carbons (Fsp3) is 0.727. The zero-order chi connectivity index (χ0) is 14.1. The van der Waals surface area contributed by atoms with Crippen LogP contribution in [0.15, 0.2) is 0 Å². The van der Waals surface area contributed by atoms with Crippen LogP contribution in [0.25, 0.3) is 0 Å². The van der Waals surface area contributed by atoms with Crippen molar-refractivity contribution in [1.82, 2.24) is 10.2 Å². The number of primary amides is 1. The van der Waals surface area contributed by atoms with Crippen molar-refractivity contribution in [2.45, 2.75) is 38.6 Å². The second kappa shape index (κ2) is 8.32. The molecule has 0 rings (SSSR count). The fourth-order valence-electron chi connectivity index (χ4n) is 1.36. The Morgan fingerprint density at radius 1 is 1.33 bits per heavy atom. The van der Waals surface area contributed by atoms with E-state index >= 15 is 0 Å². The van der Waals surface area contributed by atoms with Gasteiger partial charge in [0.1, 0.15) is 6.04 Å². The van der Waals surface area contributed by atoms with Crippen LogP contribution in [0.5, 0.6) is 0 Å². The molecule has 0 aromatic rings. The molecular weight excluding hydrogens is 238 g/mol. The molecule has 7 nitrogen and oxygen atoms in total. The van der Waals surface area contributed by atoms with Crippen LogP contribution in [-0.2, 0) is 9.59 Å². The number of nitrogens with one attached hydrogen (secondary N) is 1. The van der Waals surface area contributed by atoms with Crippen molar-refractivity contribution in [3.63, 3.8) is 0 Å². The molecule has 18 heavy (non-hydrogen) atoms. The Balaban J connectivity index is 4.23. The van der Waals surface area contributed by atoms with E-state index in [1.54, 1.807) is 7.05 Å². The number of nitrogens with zero attached hydrogens (tertiary/aromatic N) is 1. The average Bonchev–Trinajstić information content (AvgIpc) is 2.27. The number of amides is 3. The van der Waals surface area contributed by atoms with E-state index in [2.05, 4.69) is 5.32 Å². The van der Waals surface area contributed by atoms with Crippen LogP contribution in [0.3, 0.4) is 0 Å². The summed E-state index contributed by atoms with van der Waals surface area (Å²) in [6.45, 7) is 2.59. The second-order valence-corrected chi connectivity index (χ2v) is 4.14. The highest BCUT2D eigenvalue weighted by Crippen LogP contribution is 1.98. The first-order valence-electron chi connectivity index (χ1n) is 5.91. The smallest absolute Gasteiger partial charge is 0.326 e. The lowest BCUT2D eigenvalue weighted by atomic mass is 10.2. The van der Waals surface area contributed by atoms with Gasteiger partial charge in [-0.25, -0.2) is 9.59 Å². The average molecular weight is 259 g/mol. The van der Waals surface area contributed by atoms with E-state index < -0.39 is 30.4 Å². The summed E-state index contributed by atoms with van der Waals surface area (Å²) in [6, 6.07) is -1.79. The number of hydrogen-bond acceptors (Lipinski definition) is 3. The summed E-state index contributed by atoms with van der Waals surface area (Å²) in [6.07, 6.45) is 2.48. The minimum absolute atomic E-state index is 0.413. The maximum Gasteiger partial charge on any atom is 0.326 e. The number of unbranched alkanes of at least 4 members (excludes halogenated alkanes) is 2. The highest BCUT2D eigenvalue weighted by atomic mass is 16.4. The predicted octanol–water partition coefficient (Wildman–Crippen LogP) is 0.147. The summed E-state index contributed by atoms with van der Waals surface area (Å²) in [4.78, 5) is 34.5. The van der Waals surface area contributed by atoms with E-state index in [-0.39, 0.29) is 0 Å². The Morgan fingerprint density at radius 2 is 1.94 bits per heavy atom. The zero-order valence-corrected chi connectivity index (χ0v) is 10.8. The van der Waals surface area contributed by atoms with Gasteiger partial charge in [-0.1, -0.05) is 19.8 Å². The lowest BCUT2D eigenvalue weighted by Gasteiger charge is -2.20. The molecule has 0 radical (unpaired) electrons. The molecule has 7 heteroatoms. The topological polar surface area (TPSA) is 113 Å². The van der Waals surface area contributed by atoms with E-state index in [9.17, 15) is 14.4 Å². The first-order valence-corrected chi connectivity index (χ1v) is 5.91. The quantitative estimate of drug-likeness (QED) is 0.538. The number of carbonyl (C=O) groups excluding carboxylic acids is 2. The Kier molecular flexibility index (Phi) is 7.50. The minimum atomic E-state index is -1.27. The molecule has 4 N–H and O–H groups in total. The number of hydrogen-bond donors (Lipinski definition) is 3. The molecule has 0 aliphatic carbocycles. The van der Waals surface area contributed by atoms with Gasteiger partial charge in [-0.3, -0.25) is 4.79 Å². The molecule has 3 amide bonds. The van der Waals surface area contributed by atoms with Gasteiger partial charge in [0.15, 0.2) is 0 Å². The van der Waals surface area contributed by atoms with Crippen LogP contribution >= 0.6 is 0 Å². The first kappa shape index (κ1) is 16.2. The van der Waals surface area contributed by atoms with Gasteiger partial charge in [0.25, 0.3) is 0 Å². The standard InChI is InChI=1S/C11H21N3O4/c1-3-4-5-6-14(2)11(18)13-8(10(16)17)7-9(12)15/h8H,3-7H2,1-2H3,(H2,12,15)(H,13,18)(H,16,17). The van der Waals surface area contributed by atoms with Crippen molar-refractivity contribution in [3.05, 3.63) is 0 Å².